The average Bonchev–Trinajstić information content (AvgIpc) is 2.79. The molecule has 2 nitrogen and oxygen atoms in total. The molecule has 2 aliphatic rings. The van der Waals surface area contributed by atoms with Crippen LogP contribution in [-0.2, 0) is 4.74 Å². The summed E-state index contributed by atoms with van der Waals surface area (Å²) in [5.41, 5.74) is 0. The summed E-state index contributed by atoms with van der Waals surface area (Å²) in [6.45, 7) is -1.11. The maximum atomic E-state index is 12.1. The largest absolute Gasteiger partial charge is 0.411 e. The summed E-state index contributed by atoms with van der Waals surface area (Å²) < 4.78 is 41.2. The molecule has 0 bridgehead atoms. The normalized spacial score (nSPS) is 33.8. The second-order valence-corrected chi connectivity index (χ2v) is 6.29. The number of nitrogens with one attached hydrogen (secondary N) is 1. The SMILES string of the molecule is FC(F)(F)COC1CCCC(NC2CCSC2)C1. The number of halogens is 3. The first-order valence-corrected chi connectivity index (χ1v) is 7.70. The van der Waals surface area contributed by atoms with Crippen molar-refractivity contribution in [1.82, 2.24) is 5.32 Å². The van der Waals surface area contributed by atoms with Gasteiger partial charge in [0, 0.05) is 17.8 Å². The Morgan fingerprint density at radius 3 is 2.67 bits per heavy atom. The van der Waals surface area contributed by atoms with Crippen molar-refractivity contribution in [2.45, 2.75) is 56.5 Å². The molecule has 0 spiro atoms. The van der Waals surface area contributed by atoms with Gasteiger partial charge in [-0.25, -0.2) is 0 Å². The van der Waals surface area contributed by atoms with Gasteiger partial charge < -0.3 is 10.1 Å². The van der Waals surface area contributed by atoms with Crippen LogP contribution in [0, 0.1) is 0 Å². The van der Waals surface area contributed by atoms with Crippen molar-refractivity contribution in [3.63, 3.8) is 0 Å². The van der Waals surface area contributed by atoms with Gasteiger partial charge >= 0.3 is 6.18 Å². The van der Waals surface area contributed by atoms with Crippen LogP contribution in [0.4, 0.5) is 13.2 Å². The molecule has 0 aromatic carbocycles. The summed E-state index contributed by atoms with van der Waals surface area (Å²) in [6.07, 6.45) is 0.238. The standard InChI is InChI=1S/C12H20F3NOS/c13-12(14,15)8-17-11-3-1-2-9(6-11)16-10-4-5-18-7-10/h9-11,16H,1-8H2. The molecule has 1 N–H and O–H groups in total. The minimum Gasteiger partial charge on any atom is -0.369 e. The van der Waals surface area contributed by atoms with Gasteiger partial charge in [0.1, 0.15) is 6.61 Å². The second-order valence-electron chi connectivity index (χ2n) is 5.14. The molecular formula is C12H20F3NOS. The third-order valence-electron chi connectivity index (χ3n) is 3.51. The van der Waals surface area contributed by atoms with Crippen molar-refractivity contribution in [2.24, 2.45) is 0 Å². The van der Waals surface area contributed by atoms with Crippen molar-refractivity contribution in [2.75, 3.05) is 18.1 Å². The average molecular weight is 283 g/mol. The van der Waals surface area contributed by atoms with E-state index >= 15 is 0 Å². The molecule has 6 heteroatoms. The molecule has 1 saturated heterocycles. The Labute approximate surface area is 110 Å². The molecule has 0 amide bonds. The smallest absolute Gasteiger partial charge is 0.369 e. The fourth-order valence-corrected chi connectivity index (χ4v) is 3.82. The first-order valence-electron chi connectivity index (χ1n) is 6.55. The highest BCUT2D eigenvalue weighted by atomic mass is 32.2. The van der Waals surface area contributed by atoms with Gasteiger partial charge in [0.15, 0.2) is 0 Å². The van der Waals surface area contributed by atoms with Crippen molar-refractivity contribution >= 4 is 11.8 Å². The van der Waals surface area contributed by atoms with E-state index in [1.54, 1.807) is 0 Å². The van der Waals surface area contributed by atoms with E-state index in [1.165, 1.54) is 12.2 Å². The highest BCUT2D eigenvalue weighted by molar-refractivity contribution is 7.99. The van der Waals surface area contributed by atoms with Crippen molar-refractivity contribution in [3.05, 3.63) is 0 Å². The molecule has 1 aliphatic carbocycles. The first kappa shape index (κ1) is 14.5. The number of hydrogen-bond acceptors (Lipinski definition) is 3. The summed E-state index contributed by atoms with van der Waals surface area (Å²) in [5, 5.41) is 3.56. The lowest BCUT2D eigenvalue weighted by Gasteiger charge is -2.31. The molecule has 1 aliphatic heterocycles. The van der Waals surface area contributed by atoms with Crippen LogP contribution in [0.15, 0.2) is 0 Å². The highest BCUT2D eigenvalue weighted by Crippen LogP contribution is 2.26. The highest BCUT2D eigenvalue weighted by Gasteiger charge is 2.31. The Morgan fingerprint density at radius 1 is 1.17 bits per heavy atom. The summed E-state index contributed by atoms with van der Waals surface area (Å²) in [6, 6.07) is 0.877. The van der Waals surface area contributed by atoms with Crippen LogP contribution in [0.5, 0.6) is 0 Å². The third kappa shape index (κ3) is 4.97. The van der Waals surface area contributed by atoms with Crippen LogP contribution >= 0.6 is 11.8 Å². The number of alkyl halides is 3. The van der Waals surface area contributed by atoms with Gasteiger partial charge in [0.05, 0.1) is 6.10 Å². The molecule has 2 fully saturated rings. The summed E-state index contributed by atoms with van der Waals surface area (Å²) in [7, 11) is 0. The molecule has 1 saturated carbocycles. The summed E-state index contributed by atoms with van der Waals surface area (Å²) in [5.74, 6) is 2.32. The second kappa shape index (κ2) is 6.48. The Bertz CT molecular complexity index is 256. The Kier molecular flexibility index (Phi) is 5.21. The molecule has 0 radical (unpaired) electrons. The first-order chi connectivity index (χ1) is 8.53. The van der Waals surface area contributed by atoms with Gasteiger partial charge in [-0.05, 0) is 37.9 Å². The zero-order chi connectivity index (χ0) is 13.0. The van der Waals surface area contributed by atoms with E-state index < -0.39 is 12.8 Å². The van der Waals surface area contributed by atoms with E-state index in [4.69, 9.17) is 4.74 Å². The zero-order valence-electron chi connectivity index (χ0n) is 10.3. The van der Waals surface area contributed by atoms with Crippen LogP contribution < -0.4 is 5.32 Å². The van der Waals surface area contributed by atoms with Crippen LogP contribution in [0.25, 0.3) is 0 Å². The van der Waals surface area contributed by atoms with Crippen LogP contribution in [-0.4, -0.2) is 42.5 Å². The monoisotopic (exact) mass is 283 g/mol. The molecule has 106 valence electrons. The molecule has 2 rings (SSSR count). The van der Waals surface area contributed by atoms with Gasteiger partial charge in [-0.2, -0.15) is 24.9 Å². The van der Waals surface area contributed by atoms with Crippen molar-refractivity contribution in [3.8, 4) is 0 Å². The van der Waals surface area contributed by atoms with E-state index in [0.717, 1.165) is 31.4 Å². The van der Waals surface area contributed by atoms with Crippen LogP contribution in [0.1, 0.15) is 32.1 Å². The maximum absolute atomic E-state index is 12.1. The topological polar surface area (TPSA) is 21.3 Å². The predicted octanol–water partition coefficient (Wildman–Crippen LogP) is 2.97. The number of rotatable bonds is 4. The maximum Gasteiger partial charge on any atom is 0.411 e. The van der Waals surface area contributed by atoms with E-state index in [1.807, 2.05) is 11.8 Å². The van der Waals surface area contributed by atoms with Gasteiger partial charge in [-0.1, -0.05) is 0 Å². The predicted molar refractivity (Wildman–Crippen MR) is 66.9 cm³/mol. The fraction of sp³-hybridized carbons (Fsp3) is 1.00. The van der Waals surface area contributed by atoms with E-state index in [9.17, 15) is 13.2 Å². The number of hydrogen-bond donors (Lipinski definition) is 1. The molecular weight excluding hydrogens is 263 g/mol. The fourth-order valence-electron chi connectivity index (χ4n) is 2.66. The van der Waals surface area contributed by atoms with Crippen molar-refractivity contribution in [1.29, 1.82) is 0 Å². The molecule has 0 aromatic heterocycles. The van der Waals surface area contributed by atoms with Crippen molar-refractivity contribution < 1.29 is 17.9 Å². The zero-order valence-corrected chi connectivity index (χ0v) is 11.2. The van der Waals surface area contributed by atoms with E-state index in [-0.39, 0.29) is 6.10 Å². The quantitative estimate of drug-likeness (QED) is 0.857. The summed E-state index contributed by atoms with van der Waals surface area (Å²) in [4.78, 5) is 0. The van der Waals surface area contributed by atoms with Gasteiger partial charge in [-0.3, -0.25) is 0 Å². The summed E-state index contributed by atoms with van der Waals surface area (Å²) >= 11 is 1.94. The number of ether oxygens (including phenoxy) is 1. The molecule has 0 aromatic rings. The number of thioether (sulfide) groups is 1. The Hall–Kier alpha value is 0.0600. The van der Waals surface area contributed by atoms with E-state index in [0.29, 0.717) is 12.1 Å². The van der Waals surface area contributed by atoms with Crippen LogP contribution in [0.3, 0.4) is 0 Å². The Morgan fingerprint density at radius 2 is 2.00 bits per heavy atom. The Balaban J connectivity index is 1.70. The lowest BCUT2D eigenvalue weighted by Crippen LogP contribution is -2.43. The minimum atomic E-state index is -4.21. The van der Waals surface area contributed by atoms with Gasteiger partial charge in [-0.15, -0.1) is 0 Å². The molecule has 1 heterocycles. The third-order valence-corrected chi connectivity index (χ3v) is 4.67. The van der Waals surface area contributed by atoms with E-state index in [2.05, 4.69) is 5.32 Å². The lowest BCUT2D eigenvalue weighted by molar-refractivity contribution is -0.188. The molecule has 3 unspecified atom stereocenters. The minimum absolute atomic E-state index is 0.230. The molecule has 18 heavy (non-hydrogen) atoms. The van der Waals surface area contributed by atoms with Gasteiger partial charge in [0.2, 0.25) is 0 Å². The van der Waals surface area contributed by atoms with Crippen LogP contribution in [0.2, 0.25) is 0 Å². The lowest BCUT2D eigenvalue weighted by atomic mass is 9.92. The molecule has 3 atom stereocenters. The van der Waals surface area contributed by atoms with Gasteiger partial charge in [0.25, 0.3) is 0 Å².